The highest BCUT2D eigenvalue weighted by molar-refractivity contribution is 5.46. The Morgan fingerprint density at radius 2 is 2.14 bits per heavy atom. The third-order valence-corrected chi connectivity index (χ3v) is 3.47. The van der Waals surface area contributed by atoms with Crippen LogP contribution in [0.5, 0.6) is 11.5 Å². The molecule has 1 aliphatic heterocycles. The van der Waals surface area contributed by atoms with Crippen LogP contribution in [-0.2, 0) is 13.1 Å². The molecule has 112 valence electrons. The molecule has 1 aromatic carbocycles. The van der Waals surface area contributed by atoms with Crippen LogP contribution in [0.2, 0.25) is 0 Å². The van der Waals surface area contributed by atoms with Gasteiger partial charge in [-0.15, -0.1) is 0 Å². The van der Waals surface area contributed by atoms with E-state index in [9.17, 15) is 0 Å². The van der Waals surface area contributed by atoms with Crippen LogP contribution in [0.25, 0.3) is 0 Å². The number of fused-ring (bicyclic) bond motifs is 1. The lowest BCUT2D eigenvalue weighted by Crippen LogP contribution is -2.17. The Balaban J connectivity index is 1.49. The van der Waals surface area contributed by atoms with Gasteiger partial charge in [-0.25, -0.2) is 0 Å². The Morgan fingerprint density at radius 3 is 3.05 bits per heavy atom. The molecule has 0 saturated carbocycles. The van der Waals surface area contributed by atoms with Crippen molar-refractivity contribution in [3.63, 3.8) is 0 Å². The number of nitrogens with one attached hydrogen (secondary N) is 1. The Kier molecular flexibility index (Phi) is 4.74. The van der Waals surface area contributed by atoms with Crippen molar-refractivity contribution in [2.75, 3.05) is 19.8 Å². The molecule has 1 aromatic heterocycles. The lowest BCUT2D eigenvalue weighted by molar-refractivity contribution is 0.296. The zero-order valence-electron chi connectivity index (χ0n) is 12.1. The molecule has 5 nitrogen and oxygen atoms in total. The number of hydrogen-bond donors (Lipinski definition) is 1. The molecule has 0 atom stereocenters. The number of aryl methyl sites for hydroxylation is 1. The number of aromatic nitrogens is 2. The fourth-order valence-corrected chi connectivity index (χ4v) is 2.42. The second kappa shape index (κ2) is 7.13. The second-order valence-electron chi connectivity index (χ2n) is 5.09. The molecule has 0 radical (unpaired) electrons. The van der Waals surface area contributed by atoms with Crippen molar-refractivity contribution >= 4 is 0 Å². The molecule has 5 heteroatoms. The lowest BCUT2D eigenvalue weighted by atomic mass is 10.2. The summed E-state index contributed by atoms with van der Waals surface area (Å²) in [6.07, 6.45) is 5.78. The number of rotatable bonds is 6. The Bertz CT molecular complexity index is 555. The molecular weight excluding hydrogens is 266 g/mol. The van der Waals surface area contributed by atoms with Crippen molar-refractivity contribution in [2.24, 2.45) is 0 Å². The maximum atomic E-state index is 5.82. The SMILES string of the molecule is c1cc(CNCCCn2cccn2)c2c(c1)OCCCO2. The van der Waals surface area contributed by atoms with Gasteiger partial charge in [0.1, 0.15) is 0 Å². The van der Waals surface area contributed by atoms with E-state index >= 15 is 0 Å². The number of hydrogen-bond acceptors (Lipinski definition) is 4. The highest BCUT2D eigenvalue weighted by atomic mass is 16.5. The standard InChI is InChI=1S/C16H21N3O2/c1-5-14(16-15(6-1)20-11-4-12-21-16)13-17-7-2-9-19-10-3-8-18-19/h1,3,5-6,8,10,17H,2,4,7,9,11-13H2. The summed E-state index contributed by atoms with van der Waals surface area (Å²) in [6, 6.07) is 8.04. The summed E-state index contributed by atoms with van der Waals surface area (Å²) < 4.78 is 13.5. The summed E-state index contributed by atoms with van der Waals surface area (Å²) >= 11 is 0. The van der Waals surface area contributed by atoms with E-state index < -0.39 is 0 Å². The second-order valence-corrected chi connectivity index (χ2v) is 5.09. The first-order valence-electron chi connectivity index (χ1n) is 7.49. The number of para-hydroxylation sites is 1. The first-order chi connectivity index (χ1) is 10.4. The molecule has 0 aliphatic carbocycles. The molecule has 1 aliphatic rings. The monoisotopic (exact) mass is 287 g/mol. The average Bonchev–Trinajstić information content (AvgIpc) is 2.90. The third kappa shape index (κ3) is 3.76. The van der Waals surface area contributed by atoms with Gasteiger partial charge in [-0.3, -0.25) is 4.68 Å². The smallest absolute Gasteiger partial charge is 0.165 e. The fourth-order valence-electron chi connectivity index (χ4n) is 2.42. The number of nitrogens with zero attached hydrogens (tertiary/aromatic N) is 2. The van der Waals surface area contributed by atoms with E-state index in [-0.39, 0.29) is 0 Å². The Hall–Kier alpha value is -2.01. The van der Waals surface area contributed by atoms with Gasteiger partial charge < -0.3 is 14.8 Å². The minimum absolute atomic E-state index is 0.726. The zero-order valence-corrected chi connectivity index (χ0v) is 12.1. The molecule has 0 bridgehead atoms. The van der Waals surface area contributed by atoms with Crippen LogP contribution >= 0.6 is 0 Å². The van der Waals surface area contributed by atoms with E-state index in [0.29, 0.717) is 0 Å². The molecule has 0 unspecified atom stereocenters. The van der Waals surface area contributed by atoms with Gasteiger partial charge in [0.05, 0.1) is 13.2 Å². The maximum absolute atomic E-state index is 5.82. The van der Waals surface area contributed by atoms with E-state index in [1.165, 1.54) is 0 Å². The van der Waals surface area contributed by atoms with Gasteiger partial charge in [0, 0.05) is 37.5 Å². The van der Waals surface area contributed by atoms with Crippen molar-refractivity contribution in [3.8, 4) is 11.5 Å². The first-order valence-corrected chi connectivity index (χ1v) is 7.49. The molecule has 2 aromatic rings. The maximum Gasteiger partial charge on any atom is 0.165 e. The van der Waals surface area contributed by atoms with Crippen molar-refractivity contribution in [1.29, 1.82) is 0 Å². The minimum Gasteiger partial charge on any atom is -0.490 e. The van der Waals surface area contributed by atoms with E-state index in [2.05, 4.69) is 16.5 Å². The predicted molar refractivity (Wildman–Crippen MR) is 80.6 cm³/mol. The highest BCUT2D eigenvalue weighted by Gasteiger charge is 2.13. The fraction of sp³-hybridized carbons (Fsp3) is 0.438. The predicted octanol–water partition coefficient (Wildman–Crippen LogP) is 2.22. The highest BCUT2D eigenvalue weighted by Crippen LogP contribution is 2.33. The van der Waals surface area contributed by atoms with Gasteiger partial charge in [-0.1, -0.05) is 12.1 Å². The molecule has 2 heterocycles. The Morgan fingerprint density at radius 1 is 1.19 bits per heavy atom. The lowest BCUT2D eigenvalue weighted by Gasteiger charge is -2.13. The van der Waals surface area contributed by atoms with Gasteiger partial charge in [0.25, 0.3) is 0 Å². The van der Waals surface area contributed by atoms with Gasteiger partial charge in [0.15, 0.2) is 11.5 Å². The van der Waals surface area contributed by atoms with Crippen LogP contribution in [0.3, 0.4) is 0 Å². The van der Waals surface area contributed by atoms with Gasteiger partial charge in [0.2, 0.25) is 0 Å². The van der Waals surface area contributed by atoms with Crippen LogP contribution in [0.1, 0.15) is 18.4 Å². The van der Waals surface area contributed by atoms with Crippen molar-refractivity contribution < 1.29 is 9.47 Å². The van der Waals surface area contributed by atoms with Crippen molar-refractivity contribution in [3.05, 3.63) is 42.2 Å². The number of ether oxygens (including phenoxy) is 2. The van der Waals surface area contributed by atoms with Crippen LogP contribution in [0.15, 0.2) is 36.7 Å². The first kappa shape index (κ1) is 13.9. The number of benzene rings is 1. The molecule has 0 amide bonds. The summed E-state index contributed by atoms with van der Waals surface area (Å²) in [5, 5.41) is 7.65. The Labute approximate surface area is 124 Å². The average molecular weight is 287 g/mol. The van der Waals surface area contributed by atoms with Crippen molar-refractivity contribution in [1.82, 2.24) is 15.1 Å². The van der Waals surface area contributed by atoms with Gasteiger partial charge >= 0.3 is 0 Å². The van der Waals surface area contributed by atoms with E-state index in [1.807, 2.05) is 35.3 Å². The molecular formula is C16H21N3O2. The zero-order chi connectivity index (χ0) is 14.3. The van der Waals surface area contributed by atoms with Gasteiger partial charge in [-0.2, -0.15) is 5.10 Å². The topological polar surface area (TPSA) is 48.3 Å². The summed E-state index contributed by atoms with van der Waals surface area (Å²) in [5.74, 6) is 1.76. The molecule has 3 rings (SSSR count). The van der Waals surface area contributed by atoms with E-state index in [1.54, 1.807) is 0 Å². The van der Waals surface area contributed by atoms with E-state index in [0.717, 1.165) is 62.8 Å². The van der Waals surface area contributed by atoms with E-state index in [4.69, 9.17) is 9.47 Å². The molecule has 1 N–H and O–H groups in total. The van der Waals surface area contributed by atoms with Crippen molar-refractivity contribution in [2.45, 2.75) is 25.9 Å². The molecule has 0 fully saturated rings. The van der Waals surface area contributed by atoms with Crippen LogP contribution < -0.4 is 14.8 Å². The largest absolute Gasteiger partial charge is 0.490 e. The van der Waals surface area contributed by atoms with Gasteiger partial charge in [-0.05, 0) is 25.1 Å². The molecule has 0 saturated heterocycles. The van der Waals surface area contributed by atoms with Crippen LogP contribution in [0.4, 0.5) is 0 Å². The summed E-state index contributed by atoms with van der Waals surface area (Å²) in [5.41, 5.74) is 1.16. The molecule has 21 heavy (non-hydrogen) atoms. The van der Waals surface area contributed by atoms with Crippen LogP contribution in [-0.4, -0.2) is 29.5 Å². The summed E-state index contributed by atoms with van der Waals surface area (Å²) in [7, 11) is 0. The normalized spacial score (nSPS) is 13.9. The molecule has 0 spiro atoms. The summed E-state index contributed by atoms with van der Waals surface area (Å²) in [6.45, 7) is 4.14. The quantitative estimate of drug-likeness (QED) is 0.828. The third-order valence-electron chi connectivity index (χ3n) is 3.47. The summed E-state index contributed by atoms with van der Waals surface area (Å²) in [4.78, 5) is 0. The minimum atomic E-state index is 0.726. The van der Waals surface area contributed by atoms with Crippen LogP contribution in [0, 0.1) is 0 Å².